The summed E-state index contributed by atoms with van der Waals surface area (Å²) in [5, 5.41) is -0.479. The van der Waals surface area contributed by atoms with Crippen LogP contribution in [0.3, 0.4) is 0 Å². The highest BCUT2D eigenvalue weighted by Crippen LogP contribution is 2.30. The van der Waals surface area contributed by atoms with E-state index in [9.17, 15) is 13.2 Å². The van der Waals surface area contributed by atoms with Crippen molar-refractivity contribution in [3.63, 3.8) is 0 Å². The zero-order chi connectivity index (χ0) is 14.9. The number of nitrogens with zero attached hydrogens (tertiary/aromatic N) is 1. The molecule has 20 heavy (non-hydrogen) atoms. The van der Waals surface area contributed by atoms with Gasteiger partial charge in [0, 0.05) is 24.3 Å². The van der Waals surface area contributed by atoms with Crippen molar-refractivity contribution in [2.24, 2.45) is 0 Å². The van der Waals surface area contributed by atoms with Crippen molar-refractivity contribution < 1.29 is 13.2 Å². The quantitative estimate of drug-likeness (QED) is 0.925. The number of sulfonamides is 1. The highest BCUT2D eigenvalue weighted by atomic mass is 32.2. The molecule has 0 aromatic heterocycles. The van der Waals surface area contributed by atoms with E-state index < -0.39 is 15.3 Å². The zero-order valence-corrected chi connectivity index (χ0v) is 12.8. The Morgan fingerprint density at radius 1 is 1.30 bits per heavy atom. The van der Waals surface area contributed by atoms with Crippen LogP contribution >= 0.6 is 0 Å². The molecule has 1 aromatic carbocycles. The van der Waals surface area contributed by atoms with Crippen LogP contribution in [0.1, 0.15) is 32.8 Å². The number of aryl methyl sites for hydroxylation is 1. The Labute approximate surface area is 120 Å². The van der Waals surface area contributed by atoms with Crippen LogP contribution in [0.5, 0.6) is 0 Å². The first kappa shape index (κ1) is 14.8. The normalized spacial score (nSPS) is 15.4. The lowest BCUT2D eigenvalue weighted by Gasteiger charge is -2.28. The van der Waals surface area contributed by atoms with Gasteiger partial charge in [0.2, 0.25) is 15.9 Å². The Bertz CT molecular complexity index is 623. The average Bonchev–Trinajstić information content (AvgIpc) is 2.38. The van der Waals surface area contributed by atoms with Gasteiger partial charge in [0.05, 0.1) is 5.25 Å². The first-order valence-corrected chi connectivity index (χ1v) is 8.34. The third-order valence-electron chi connectivity index (χ3n) is 3.48. The largest absolute Gasteiger partial charge is 0.312 e. The maximum absolute atomic E-state index is 11.9. The minimum absolute atomic E-state index is 0.121. The molecule has 0 atom stereocenters. The molecule has 0 spiro atoms. The Morgan fingerprint density at radius 3 is 2.60 bits per heavy atom. The average molecular weight is 296 g/mol. The van der Waals surface area contributed by atoms with Gasteiger partial charge in [-0.2, -0.15) is 0 Å². The minimum Gasteiger partial charge on any atom is -0.312 e. The maximum Gasteiger partial charge on any atom is 0.235 e. The van der Waals surface area contributed by atoms with Crippen molar-refractivity contribution in [2.75, 3.05) is 16.2 Å². The molecule has 0 saturated carbocycles. The minimum atomic E-state index is -3.34. The summed E-state index contributed by atoms with van der Waals surface area (Å²) in [6.45, 7) is 5.84. The van der Waals surface area contributed by atoms with Gasteiger partial charge >= 0.3 is 0 Å². The number of nitrogens with one attached hydrogen (secondary N) is 1. The van der Waals surface area contributed by atoms with E-state index >= 15 is 0 Å². The lowest BCUT2D eigenvalue weighted by atomic mass is 10.0. The molecule has 1 aromatic rings. The molecule has 0 radical (unpaired) electrons. The first-order chi connectivity index (χ1) is 9.35. The fourth-order valence-corrected chi connectivity index (χ4v) is 2.94. The molecule has 1 N–H and O–H groups in total. The second kappa shape index (κ2) is 5.44. The predicted octanol–water partition coefficient (Wildman–Crippen LogP) is 2.14. The Kier molecular flexibility index (Phi) is 4.04. The van der Waals surface area contributed by atoms with Crippen molar-refractivity contribution >= 4 is 27.3 Å². The molecule has 6 heteroatoms. The number of anilines is 2. The van der Waals surface area contributed by atoms with Gasteiger partial charge in [-0.05, 0) is 51.0 Å². The van der Waals surface area contributed by atoms with Crippen molar-refractivity contribution in [1.29, 1.82) is 0 Å². The topological polar surface area (TPSA) is 66.5 Å². The molecular weight excluding hydrogens is 276 g/mol. The van der Waals surface area contributed by atoms with Crippen LogP contribution in [0.2, 0.25) is 0 Å². The summed E-state index contributed by atoms with van der Waals surface area (Å²) in [7, 11) is -3.34. The molecule has 110 valence electrons. The number of hydrogen-bond donors (Lipinski definition) is 1. The lowest BCUT2D eigenvalue weighted by molar-refractivity contribution is -0.118. The maximum atomic E-state index is 11.9. The van der Waals surface area contributed by atoms with Crippen LogP contribution in [-0.4, -0.2) is 26.1 Å². The molecule has 1 aliphatic heterocycles. The van der Waals surface area contributed by atoms with Gasteiger partial charge in [-0.25, -0.2) is 8.42 Å². The molecule has 0 fully saturated rings. The summed E-state index contributed by atoms with van der Waals surface area (Å²) in [5.41, 5.74) is 2.45. The molecule has 0 bridgehead atoms. The monoisotopic (exact) mass is 296 g/mol. The number of benzene rings is 1. The van der Waals surface area contributed by atoms with Crippen LogP contribution in [0.25, 0.3) is 0 Å². The SMILES string of the molecule is CCN1C(=O)CCc2cc(NS(=O)(=O)C(C)C)ccc21. The summed E-state index contributed by atoms with van der Waals surface area (Å²) in [6.07, 6.45) is 1.13. The van der Waals surface area contributed by atoms with Gasteiger partial charge < -0.3 is 4.90 Å². The summed E-state index contributed by atoms with van der Waals surface area (Å²) < 4.78 is 26.3. The summed E-state index contributed by atoms with van der Waals surface area (Å²) >= 11 is 0. The fourth-order valence-electron chi connectivity index (χ4n) is 2.25. The number of rotatable bonds is 4. The van der Waals surface area contributed by atoms with Crippen molar-refractivity contribution in [3.8, 4) is 0 Å². The number of carbonyl (C=O) groups is 1. The Hall–Kier alpha value is -1.56. The Morgan fingerprint density at radius 2 is 2.00 bits per heavy atom. The van der Waals surface area contributed by atoms with Gasteiger partial charge in [0.1, 0.15) is 0 Å². The third kappa shape index (κ3) is 2.80. The molecule has 1 heterocycles. The van der Waals surface area contributed by atoms with E-state index in [0.717, 1.165) is 11.3 Å². The van der Waals surface area contributed by atoms with E-state index in [2.05, 4.69) is 4.72 Å². The molecule has 0 saturated heterocycles. The van der Waals surface area contributed by atoms with E-state index in [-0.39, 0.29) is 5.91 Å². The second-order valence-electron chi connectivity index (χ2n) is 5.18. The highest BCUT2D eigenvalue weighted by molar-refractivity contribution is 7.93. The van der Waals surface area contributed by atoms with E-state index in [0.29, 0.717) is 25.1 Å². The summed E-state index contributed by atoms with van der Waals surface area (Å²) in [6, 6.07) is 5.35. The molecule has 1 amide bonds. The van der Waals surface area contributed by atoms with Crippen LogP contribution in [0.15, 0.2) is 18.2 Å². The number of carbonyl (C=O) groups excluding carboxylic acids is 1. The number of hydrogen-bond acceptors (Lipinski definition) is 3. The van der Waals surface area contributed by atoms with Gasteiger partial charge in [-0.1, -0.05) is 0 Å². The van der Waals surface area contributed by atoms with Gasteiger partial charge in [0.25, 0.3) is 0 Å². The summed E-state index contributed by atoms with van der Waals surface area (Å²) in [5.74, 6) is 0.121. The van der Waals surface area contributed by atoms with E-state index in [1.54, 1.807) is 24.8 Å². The van der Waals surface area contributed by atoms with Crippen molar-refractivity contribution in [2.45, 2.75) is 38.9 Å². The van der Waals surface area contributed by atoms with Crippen LogP contribution in [0, 0.1) is 0 Å². The standard InChI is InChI=1S/C14H20N2O3S/c1-4-16-13-7-6-12(15-20(18,19)10(2)3)9-11(13)5-8-14(16)17/h6-7,9-10,15H,4-5,8H2,1-3H3. The molecule has 1 aliphatic rings. The number of fused-ring (bicyclic) bond motifs is 1. The van der Waals surface area contributed by atoms with Crippen LogP contribution in [0.4, 0.5) is 11.4 Å². The Balaban J connectivity index is 2.32. The van der Waals surface area contributed by atoms with Gasteiger partial charge in [-0.3, -0.25) is 9.52 Å². The fraction of sp³-hybridized carbons (Fsp3) is 0.500. The zero-order valence-electron chi connectivity index (χ0n) is 12.0. The van der Waals surface area contributed by atoms with Gasteiger partial charge in [-0.15, -0.1) is 0 Å². The first-order valence-electron chi connectivity index (χ1n) is 6.80. The predicted molar refractivity (Wildman–Crippen MR) is 80.5 cm³/mol. The lowest BCUT2D eigenvalue weighted by Crippen LogP contribution is -2.34. The molecule has 0 unspecified atom stereocenters. The third-order valence-corrected chi connectivity index (χ3v) is 5.24. The van der Waals surface area contributed by atoms with E-state index in [4.69, 9.17) is 0 Å². The van der Waals surface area contributed by atoms with E-state index in [1.807, 2.05) is 19.1 Å². The molecule has 2 rings (SSSR count). The highest BCUT2D eigenvalue weighted by Gasteiger charge is 2.23. The molecular formula is C14H20N2O3S. The van der Waals surface area contributed by atoms with E-state index in [1.165, 1.54) is 0 Å². The van der Waals surface area contributed by atoms with Crippen molar-refractivity contribution in [3.05, 3.63) is 23.8 Å². The van der Waals surface area contributed by atoms with Crippen molar-refractivity contribution in [1.82, 2.24) is 0 Å². The second-order valence-corrected chi connectivity index (χ2v) is 7.41. The smallest absolute Gasteiger partial charge is 0.235 e. The van der Waals surface area contributed by atoms with Gasteiger partial charge in [0.15, 0.2) is 0 Å². The van der Waals surface area contributed by atoms with Crippen LogP contribution < -0.4 is 9.62 Å². The summed E-state index contributed by atoms with van der Waals surface area (Å²) in [4.78, 5) is 13.5. The molecule has 0 aliphatic carbocycles. The number of amides is 1. The molecule has 5 nitrogen and oxygen atoms in total. The van der Waals surface area contributed by atoms with Crippen LogP contribution in [-0.2, 0) is 21.2 Å².